The third kappa shape index (κ3) is 3.95. The van der Waals surface area contributed by atoms with Gasteiger partial charge < -0.3 is 15.2 Å². The van der Waals surface area contributed by atoms with E-state index in [4.69, 9.17) is 10.3 Å². The van der Waals surface area contributed by atoms with Crippen molar-refractivity contribution in [2.24, 2.45) is 10.7 Å². The lowest BCUT2D eigenvalue weighted by Crippen LogP contribution is -2.38. The number of likely N-dealkylation sites (tertiary alicyclic amines) is 1. The second-order valence-corrected chi connectivity index (χ2v) is 6.34. The molecule has 1 aliphatic rings. The first-order valence-corrected chi connectivity index (χ1v) is 7.35. The normalized spacial score (nSPS) is 18.1. The molecule has 112 valence electrons. The van der Waals surface area contributed by atoms with Gasteiger partial charge in [-0.25, -0.2) is 4.99 Å². The van der Waals surface area contributed by atoms with E-state index >= 15 is 0 Å². The van der Waals surface area contributed by atoms with Gasteiger partial charge in [0.1, 0.15) is 6.54 Å². The van der Waals surface area contributed by atoms with Crippen LogP contribution in [0.5, 0.6) is 0 Å². The number of guanidine groups is 1. The van der Waals surface area contributed by atoms with Crippen LogP contribution in [-0.4, -0.2) is 34.1 Å². The molecule has 0 radical (unpaired) electrons. The highest BCUT2D eigenvalue weighted by molar-refractivity contribution is 5.78. The van der Waals surface area contributed by atoms with Crippen molar-refractivity contribution in [3.05, 3.63) is 11.7 Å². The summed E-state index contributed by atoms with van der Waals surface area (Å²) in [7, 11) is 0. The maximum Gasteiger partial charge on any atom is 0.232 e. The first-order chi connectivity index (χ1) is 9.47. The summed E-state index contributed by atoms with van der Waals surface area (Å²) < 4.78 is 5.24. The van der Waals surface area contributed by atoms with Crippen LogP contribution < -0.4 is 5.73 Å². The molecule has 2 rings (SSSR count). The molecule has 1 saturated heterocycles. The molecule has 2 heterocycles. The Bertz CT molecular complexity index is 452. The van der Waals surface area contributed by atoms with Crippen LogP contribution in [0.4, 0.5) is 0 Å². The lowest BCUT2D eigenvalue weighted by molar-refractivity contribution is 0.318. The maximum atomic E-state index is 6.05. The van der Waals surface area contributed by atoms with Crippen molar-refractivity contribution in [2.45, 2.75) is 58.4 Å². The van der Waals surface area contributed by atoms with Crippen molar-refractivity contribution in [3.63, 3.8) is 0 Å². The molecule has 0 amide bonds. The standard InChI is InChI=1S/C14H25N5O/c1-14(2,3)12-17-11(18-20-12)10-16-13(15)19-8-6-4-5-7-9-19/h4-10H2,1-3H3,(H2,15,16). The SMILES string of the molecule is CC(C)(C)c1nc(CN=C(N)N2CCCCCC2)no1. The van der Waals surface area contributed by atoms with Crippen molar-refractivity contribution in [1.29, 1.82) is 0 Å². The van der Waals surface area contributed by atoms with Crippen LogP contribution in [-0.2, 0) is 12.0 Å². The monoisotopic (exact) mass is 279 g/mol. The molecular formula is C14H25N5O. The van der Waals surface area contributed by atoms with Gasteiger partial charge in [0.15, 0.2) is 11.8 Å². The van der Waals surface area contributed by atoms with E-state index in [1.54, 1.807) is 0 Å². The average Bonchev–Trinajstić information content (AvgIpc) is 2.70. The fourth-order valence-electron chi connectivity index (χ4n) is 2.17. The highest BCUT2D eigenvalue weighted by Gasteiger charge is 2.21. The summed E-state index contributed by atoms with van der Waals surface area (Å²) in [6.07, 6.45) is 4.94. The van der Waals surface area contributed by atoms with Gasteiger partial charge in [0.05, 0.1) is 0 Å². The third-order valence-corrected chi connectivity index (χ3v) is 3.42. The second kappa shape index (κ2) is 6.24. The van der Waals surface area contributed by atoms with Gasteiger partial charge in [-0.1, -0.05) is 38.8 Å². The summed E-state index contributed by atoms with van der Waals surface area (Å²) in [5.74, 6) is 1.82. The van der Waals surface area contributed by atoms with Crippen molar-refractivity contribution in [1.82, 2.24) is 15.0 Å². The number of aromatic nitrogens is 2. The smallest absolute Gasteiger partial charge is 0.232 e. The molecule has 1 aromatic rings. The maximum absolute atomic E-state index is 6.05. The molecular weight excluding hydrogens is 254 g/mol. The predicted octanol–water partition coefficient (Wildman–Crippen LogP) is 2.06. The van der Waals surface area contributed by atoms with Gasteiger partial charge in [0.2, 0.25) is 5.89 Å². The van der Waals surface area contributed by atoms with Crippen LogP contribution in [0.3, 0.4) is 0 Å². The van der Waals surface area contributed by atoms with E-state index in [1.807, 2.05) is 20.8 Å². The second-order valence-electron chi connectivity index (χ2n) is 6.34. The van der Waals surface area contributed by atoms with Crippen molar-refractivity contribution < 1.29 is 4.52 Å². The first-order valence-electron chi connectivity index (χ1n) is 7.35. The topological polar surface area (TPSA) is 80.5 Å². The molecule has 1 aliphatic heterocycles. The highest BCUT2D eigenvalue weighted by Crippen LogP contribution is 2.19. The van der Waals surface area contributed by atoms with Crippen LogP contribution >= 0.6 is 0 Å². The van der Waals surface area contributed by atoms with Crippen LogP contribution in [0.2, 0.25) is 0 Å². The minimum atomic E-state index is -0.134. The zero-order valence-electron chi connectivity index (χ0n) is 12.7. The molecule has 20 heavy (non-hydrogen) atoms. The van der Waals surface area contributed by atoms with E-state index in [2.05, 4.69) is 20.0 Å². The summed E-state index contributed by atoms with van der Waals surface area (Å²) >= 11 is 0. The van der Waals surface area contributed by atoms with Crippen LogP contribution in [0.15, 0.2) is 9.52 Å². The summed E-state index contributed by atoms with van der Waals surface area (Å²) in [6.45, 7) is 8.49. The van der Waals surface area contributed by atoms with E-state index in [1.165, 1.54) is 25.7 Å². The summed E-state index contributed by atoms with van der Waals surface area (Å²) in [5.41, 5.74) is 5.91. The number of aliphatic imine (C=N–C) groups is 1. The molecule has 2 N–H and O–H groups in total. The van der Waals surface area contributed by atoms with Crippen molar-refractivity contribution in [2.75, 3.05) is 13.1 Å². The molecule has 0 bridgehead atoms. The largest absolute Gasteiger partial charge is 0.370 e. The van der Waals surface area contributed by atoms with Gasteiger partial charge in [-0.15, -0.1) is 0 Å². The first kappa shape index (κ1) is 14.8. The number of hydrogen-bond acceptors (Lipinski definition) is 4. The number of hydrogen-bond donors (Lipinski definition) is 1. The number of nitrogens with zero attached hydrogens (tertiary/aromatic N) is 4. The lowest BCUT2D eigenvalue weighted by Gasteiger charge is -2.20. The molecule has 6 nitrogen and oxygen atoms in total. The Balaban J connectivity index is 1.95. The lowest BCUT2D eigenvalue weighted by atomic mass is 9.97. The molecule has 1 aromatic heterocycles. The van der Waals surface area contributed by atoms with E-state index < -0.39 is 0 Å². The Morgan fingerprint density at radius 1 is 1.25 bits per heavy atom. The van der Waals surface area contributed by atoms with Gasteiger partial charge >= 0.3 is 0 Å². The van der Waals surface area contributed by atoms with Gasteiger partial charge in [0, 0.05) is 18.5 Å². The van der Waals surface area contributed by atoms with Crippen LogP contribution in [0.1, 0.15) is 58.2 Å². The van der Waals surface area contributed by atoms with E-state index in [0.29, 0.717) is 24.2 Å². The van der Waals surface area contributed by atoms with Gasteiger partial charge in [-0.3, -0.25) is 0 Å². The summed E-state index contributed by atoms with van der Waals surface area (Å²) in [4.78, 5) is 10.9. The Morgan fingerprint density at radius 3 is 2.45 bits per heavy atom. The minimum absolute atomic E-state index is 0.134. The Morgan fingerprint density at radius 2 is 1.90 bits per heavy atom. The Labute approximate surface area is 120 Å². The zero-order chi connectivity index (χ0) is 14.6. The van der Waals surface area contributed by atoms with Crippen LogP contribution in [0, 0.1) is 0 Å². The van der Waals surface area contributed by atoms with Gasteiger partial charge in [0.25, 0.3) is 0 Å². The Kier molecular flexibility index (Phi) is 4.62. The molecule has 0 spiro atoms. The van der Waals surface area contributed by atoms with Crippen molar-refractivity contribution >= 4 is 5.96 Å². The fourth-order valence-corrected chi connectivity index (χ4v) is 2.17. The Hall–Kier alpha value is -1.59. The summed E-state index contributed by atoms with van der Waals surface area (Å²) in [5, 5.41) is 3.95. The predicted molar refractivity (Wildman–Crippen MR) is 78.4 cm³/mol. The van der Waals surface area contributed by atoms with E-state index in [9.17, 15) is 0 Å². The zero-order valence-corrected chi connectivity index (χ0v) is 12.7. The number of rotatable bonds is 2. The van der Waals surface area contributed by atoms with E-state index in [-0.39, 0.29) is 5.41 Å². The molecule has 0 unspecified atom stereocenters. The van der Waals surface area contributed by atoms with Crippen LogP contribution in [0.25, 0.3) is 0 Å². The van der Waals surface area contributed by atoms with Crippen molar-refractivity contribution in [3.8, 4) is 0 Å². The molecule has 0 aliphatic carbocycles. The number of nitrogens with two attached hydrogens (primary N) is 1. The third-order valence-electron chi connectivity index (χ3n) is 3.42. The fraction of sp³-hybridized carbons (Fsp3) is 0.786. The molecule has 6 heteroatoms. The van der Waals surface area contributed by atoms with Gasteiger partial charge in [-0.05, 0) is 12.8 Å². The molecule has 1 fully saturated rings. The van der Waals surface area contributed by atoms with E-state index in [0.717, 1.165) is 13.1 Å². The summed E-state index contributed by atoms with van der Waals surface area (Å²) in [6, 6.07) is 0. The minimum Gasteiger partial charge on any atom is -0.370 e. The molecule has 0 atom stereocenters. The molecule has 0 saturated carbocycles. The highest BCUT2D eigenvalue weighted by atomic mass is 16.5. The van der Waals surface area contributed by atoms with Gasteiger partial charge in [-0.2, -0.15) is 4.98 Å². The quantitative estimate of drug-likeness (QED) is 0.662. The molecule has 0 aromatic carbocycles. The average molecular weight is 279 g/mol.